The van der Waals surface area contributed by atoms with Crippen molar-refractivity contribution in [2.45, 2.75) is 87.0 Å². The summed E-state index contributed by atoms with van der Waals surface area (Å²) in [5, 5.41) is 54.5. The highest BCUT2D eigenvalue weighted by Gasteiger charge is 2.74. The largest absolute Gasteiger partial charge is 0.492 e. The van der Waals surface area contributed by atoms with Crippen LogP contribution < -0.4 is 31.3 Å². The van der Waals surface area contributed by atoms with Crippen LogP contribution >= 0.6 is 0 Å². The van der Waals surface area contributed by atoms with E-state index in [1.807, 2.05) is 6.07 Å². The summed E-state index contributed by atoms with van der Waals surface area (Å²) in [6.45, 7) is 4.49. The summed E-state index contributed by atoms with van der Waals surface area (Å²) >= 11 is 0. The Hall–Kier alpha value is -3.78. The molecule has 0 radical (unpaired) electrons. The molecule has 14 heteroatoms. The van der Waals surface area contributed by atoms with Crippen LogP contribution in [0.15, 0.2) is 18.2 Å². The predicted molar refractivity (Wildman–Crippen MR) is 147 cm³/mol. The third-order valence-electron chi connectivity index (χ3n) is 9.21. The molecule has 6 rings (SSSR count). The quantitative estimate of drug-likeness (QED) is 0.210. The first-order valence-corrected chi connectivity index (χ1v) is 14.2. The van der Waals surface area contributed by atoms with E-state index in [9.17, 15) is 19.8 Å². The van der Waals surface area contributed by atoms with Crippen molar-refractivity contribution in [1.82, 2.24) is 31.5 Å². The van der Waals surface area contributed by atoms with E-state index < -0.39 is 41.6 Å². The van der Waals surface area contributed by atoms with Gasteiger partial charge in [0.05, 0.1) is 24.3 Å². The smallest absolute Gasteiger partial charge is 0.407 e. The summed E-state index contributed by atoms with van der Waals surface area (Å²) in [5.41, 5.74) is -0.775. The van der Waals surface area contributed by atoms with Crippen molar-refractivity contribution in [2.24, 2.45) is 0 Å². The van der Waals surface area contributed by atoms with Gasteiger partial charge in [0.2, 0.25) is 5.79 Å². The Balaban J connectivity index is 1.23. The molecule has 1 spiro atoms. The number of hydrogen-bond donors (Lipinski definition) is 9. The molecule has 4 fully saturated rings. The first-order chi connectivity index (χ1) is 19.4. The fourth-order valence-corrected chi connectivity index (χ4v) is 6.93. The van der Waals surface area contributed by atoms with Crippen LogP contribution in [0.1, 0.15) is 61.9 Å². The van der Waals surface area contributed by atoms with Gasteiger partial charge in [-0.1, -0.05) is 26.0 Å². The minimum atomic E-state index is -2.63. The van der Waals surface area contributed by atoms with Crippen molar-refractivity contribution >= 4 is 23.9 Å². The maximum atomic E-state index is 13.6. The molecule has 9 N–H and O–H groups in total. The zero-order valence-corrected chi connectivity index (χ0v) is 23.2. The number of rotatable bonds is 5. The number of aliphatic hydroxyl groups is 2. The highest BCUT2D eigenvalue weighted by atomic mass is 16.6. The summed E-state index contributed by atoms with van der Waals surface area (Å²) < 4.78 is 11.4. The number of nitrogens with one attached hydrogen (secondary N) is 7. The number of fused-ring (bicyclic) bond motifs is 1. The Morgan fingerprint density at radius 3 is 2.71 bits per heavy atom. The molecule has 14 nitrogen and oxygen atoms in total. The highest BCUT2D eigenvalue weighted by Crippen LogP contribution is 2.44. The van der Waals surface area contributed by atoms with Crippen molar-refractivity contribution in [2.75, 3.05) is 19.7 Å². The lowest BCUT2D eigenvalue weighted by molar-refractivity contribution is -0.232. The normalized spacial score (nSPS) is 31.0. The van der Waals surface area contributed by atoms with E-state index in [4.69, 9.17) is 20.3 Å². The van der Waals surface area contributed by atoms with E-state index in [0.717, 1.165) is 37.7 Å². The number of para-hydroxylation sites is 1. The van der Waals surface area contributed by atoms with Crippen LogP contribution in [0.3, 0.4) is 0 Å². The molecule has 5 aliphatic rings. The summed E-state index contributed by atoms with van der Waals surface area (Å²) in [6, 6.07) is 2.51. The summed E-state index contributed by atoms with van der Waals surface area (Å²) in [5.74, 6) is -3.02. The predicted octanol–water partition coefficient (Wildman–Crippen LogP) is -0.391. The average molecular weight is 571 g/mol. The number of guanidine groups is 2. The summed E-state index contributed by atoms with van der Waals surface area (Å²) in [4.78, 5) is 27.4. The second kappa shape index (κ2) is 9.65. The van der Waals surface area contributed by atoms with E-state index in [-0.39, 0.29) is 42.1 Å². The van der Waals surface area contributed by atoms with Crippen molar-refractivity contribution in [3.05, 3.63) is 29.3 Å². The van der Waals surface area contributed by atoms with Crippen LogP contribution in [0, 0.1) is 10.8 Å². The molecule has 3 saturated heterocycles. The van der Waals surface area contributed by atoms with Gasteiger partial charge in [-0.25, -0.2) is 4.79 Å². The fraction of sp³-hybridized carbons (Fsp3) is 0.630. The Kier molecular flexibility index (Phi) is 6.45. The second-order valence-electron chi connectivity index (χ2n) is 12.2. The molecular formula is C27H38N8O6. The van der Waals surface area contributed by atoms with Gasteiger partial charge in [0, 0.05) is 18.7 Å². The van der Waals surface area contributed by atoms with Crippen LogP contribution in [-0.4, -0.2) is 94.4 Å². The zero-order valence-electron chi connectivity index (χ0n) is 23.2. The molecule has 41 heavy (non-hydrogen) atoms. The van der Waals surface area contributed by atoms with E-state index >= 15 is 0 Å². The molecule has 0 aromatic heterocycles. The van der Waals surface area contributed by atoms with E-state index in [0.29, 0.717) is 12.4 Å². The fourth-order valence-electron chi connectivity index (χ4n) is 6.93. The van der Waals surface area contributed by atoms with Crippen LogP contribution in [0.2, 0.25) is 0 Å². The number of amides is 2. The number of nitrogens with zero attached hydrogens (tertiary/aromatic N) is 1. The topological polar surface area (TPSA) is 204 Å². The average Bonchev–Trinajstić information content (AvgIpc) is 3.60. The van der Waals surface area contributed by atoms with Crippen molar-refractivity contribution in [1.29, 1.82) is 10.8 Å². The van der Waals surface area contributed by atoms with Gasteiger partial charge in [0.15, 0.2) is 17.6 Å². The van der Waals surface area contributed by atoms with Crippen molar-refractivity contribution in [3.63, 3.8) is 0 Å². The number of benzene rings is 1. The standard InChI is InChI=1S/C27H38N8O6/c1-25(2)10-11-40-19-15(8-5-9-16(19)25)21(36)32-18-13-35-23(29)31-17(12-30-24(37)41-14-6-3-4-7-14)20-26(35,27(18,38)39)34-22(28)33-20/h5,8-9,14,17-18,20,38-39H,3-4,6-7,10-13H2,1-2H3,(H2,29,31)(H,30,37)(H,32,36)(H3,28,33,34)/t17-,18-,20-,26-/m0/s1. The van der Waals surface area contributed by atoms with Crippen LogP contribution in [-0.2, 0) is 10.2 Å². The van der Waals surface area contributed by atoms with Crippen LogP contribution in [0.25, 0.3) is 0 Å². The van der Waals surface area contributed by atoms with E-state index in [1.165, 1.54) is 4.90 Å². The maximum absolute atomic E-state index is 13.6. The Bertz CT molecular complexity index is 1280. The first-order valence-electron chi connectivity index (χ1n) is 14.2. The van der Waals surface area contributed by atoms with Gasteiger partial charge in [-0.2, -0.15) is 0 Å². The minimum absolute atomic E-state index is 0.00741. The number of hydrogen-bond acceptors (Lipinski definition) is 8. The van der Waals surface area contributed by atoms with Crippen molar-refractivity contribution in [3.8, 4) is 5.75 Å². The number of ether oxygens (including phenoxy) is 2. The first kappa shape index (κ1) is 27.4. The van der Waals surface area contributed by atoms with Gasteiger partial charge in [-0.05, 0) is 43.6 Å². The highest BCUT2D eigenvalue weighted by molar-refractivity contribution is 5.98. The third kappa shape index (κ3) is 4.31. The van der Waals surface area contributed by atoms with Gasteiger partial charge < -0.3 is 51.2 Å². The molecule has 0 bridgehead atoms. The molecule has 1 saturated carbocycles. The van der Waals surface area contributed by atoms with Crippen LogP contribution in [0.5, 0.6) is 5.75 Å². The third-order valence-corrected chi connectivity index (χ3v) is 9.21. The SMILES string of the molecule is CC1(C)CCOc2c(C(=O)N[C@H]3CN4C(=N)N[C@@H](CNC(=O)OC5CCCC5)[C@@H]5NC(=N)N[C@@]54C3(O)O)cccc21. The second-order valence-corrected chi connectivity index (χ2v) is 12.2. The monoisotopic (exact) mass is 570 g/mol. The van der Waals surface area contributed by atoms with Gasteiger partial charge in [0.25, 0.3) is 5.91 Å². The van der Waals surface area contributed by atoms with Crippen LogP contribution in [0.4, 0.5) is 4.79 Å². The lowest BCUT2D eigenvalue weighted by atomic mass is 9.79. The molecule has 2 amide bonds. The molecule has 4 atom stereocenters. The Labute approximate surface area is 237 Å². The molecule has 1 aromatic rings. The van der Waals surface area contributed by atoms with E-state index in [2.05, 4.69) is 40.4 Å². The van der Waals surface area contributed by atoms with E-state index in [1.54, 1.807) is 12.1 Å². The van der Waals surface area contributed by atoms with Crippen molar-refractivity contribution < 1.29 is 29.3 Å². The molecule has 4 aliphatic heterocycles. The lowest BCUT2D eigenvalue weighted by Gasteiger charge is -2.51. The van der Waals surface area contributed by atoms with Gasteiger partial charge in [-0.3, -0.25) is 15.6 Å². The maximum Gasteiger partial charge on any atom is 0.407 e. The molecule has 4 heterocycles. The number of carbonyl (C=O) groups is 2. The molecular weight excluding hydrogens is 532 g/mol. The van der Waals surface area contributed by atoms with Gasteiger partial charge in [0.1, 0.15) is 17.9 Å². The minimum Gasteiger partial charge on any atom is -0.492 e. The molecule has 1 aliphatic carbocycles. The molecule has 222 valence electrons. The Morgan fingerprint density at radius 2 is 1.95 bits per heavy atom. The summed E-state index contributed by atoms with van der Waals surface area (Å²) in [7, 11) is 0. The Morgan fingerprint density at radius 1 is 1.20 bits per heavy atom. The zero-order chi connectivity index (χ0) is 29.2. The van der Waals surface area contributed by atoms with Gasteiger partial charge in [-0.15, -0.1) is 0 Å². The number of carbonyl (C=O) groups excluding carboxylic acids is 2. The number of alkyl carbamates (subject to hydrolysis) is 1. The summed E-state index contributed by atoms with van der Waals surface area (Å²) in [6.07, 6.45) is 3.77. The molecule has 1 aromatic carbocycles. The lowest BCUT2D eigenvalue weighted by Crippen LogP contribution is -2.81. The molecule has 0 unspecified atom stereocenters. The van der Waals surface area contributed by atoms with Gasteiger partial charge >= 0.3 is 6.09 Å².